The first-order chi connectivity index (χ1) is 8.28. The molecule has 0 spiro atoms. The van der Waals surface area contributed by atoms with Gasteiger partial charge < -0.3 is 10.4 Å². The number of carbonyl (C=O) groups excluding carboxylic acids is 1. The third kappa shape index (κ3) is 4.94. The van der Waals surface area contributed by atoms with Gasteiger partial charge in [-0.25, -0.2) is 9.78 Å². The molecule has 100 valence electrons. The molecule has 0 atom stereocenters. The number of aromatic nitrogens is 3. The van der Waals surface area contributed by atoms with E-state index in [9.17, 15) is 9.59 Å². The number of aromatic carboxylic acids is 1. The van der Waals surface area contributed by atoms with E-state index >= 15 is 0 Å². The molecule has 0 saturated carbocycles. The molecule has 0 aliphatic rings. The van der Waals surface area contributed by atoms with Crippen LogP contribution in [0.15, 0.2) is 6.33 Å². The fourth-order valence-electron chi connectivity index (χ4n) is 1.35. The van der Waals surface area contributed by atoms with Gasteiger partial charge in [-0.3, -0.25) is 9.48 Å². The summed E-state index contributed by atoms with van der Waals surface area (Å²) in [6, 6.07) is 0. The maximum Gasteiger partial charge on any atom is 0.375 e. The number of rotatable bonds is 5. The van der Waals surface area contributed by atoms with E-state index in [1.807, 2.05) is 20.8 Å². The maximum absolute atomic E-state index is 11.5. The second kappa shape index (κ2) is 5.61. The number of nitrogens with one attached hydrogen (secondary N) is 1. The van der Waals surface area contributed by atoms with Crippen molar-refractivity contribution >= 4 is 11.9 Å². The number of hydrogen-bond acceptors (Lipinski definition) is 4. The van der Waals surface area contributed by atoms with Crippen molar-refractivity contribution in [2.45, 2.75) is 33.7 Å². The van der Waals surface area contributed by atoms with Crippen LogP contribution in [-0.4, -0.2) is 38.3 Å². The molecule has 1 rings (SSSR count). The minimum absolute atomic E-state index is 0.0268. The summed E-state index contributed by atoms with van der Waals surface area (Å²) in [7, 11) is 0. The Bertz CT molecular complexity index is 434. The zero-order chi connectivity index (χ0) is 13.8. The molecule has 1 aromatic rings. The summed E-state index contributed by atoms with van der Waals surface area (Å²) in [6.45, 7) is 6.77. The number of carboxylic acids is 1. The van der Waals surface area contributed by atoms with Gasteiger partial charge in [-0.15, -0.1) is 5.10 Å². The highest BCUT2D eigenvalue weighted by Gasteiger charge is 2.15. The van der Waals surface area contributed by atoms with E-state index in [2.05, 4.69) is 15.4 Å². The molecule has 0 aliphatic heterocycles. The maximum atomic E-state index is 11.5. The number of amides is 1. The standard InChI is InChI=1S/C11H18N4O3/c1-11(2,3)6-8(16)12-4-5-15-7-13-9(14-15)10(17)18/h7H,4-6H2,1-3H3,(H,12,16)(H,17,18). The highest BCUT2D eigenvalue weighted by atomic mass is 16.4. The van der Waals surface area contributed by atoms with Crippen molar-refractivity contribution in [1.82, 2.24) is 20.1 Å². The van der Waals surface area contributed by atoms with E-state index in [-0.39, 0.29) is 17.1 Å². The lowest BCUT2D eigenvalue weighted by atomic mass is 9.92. The highest BCUT2D eigenvalue weighted by Crippen LogP contribution is 2.17. The average Bonchev–Trinajstić information content (AvgIpc) is 2.63. The van der Waals surface area contributed by atoms with Crippen LogP contribution in [0.4, 0.5) is 0 Å². The summed E-state index contributed by atoms with van der Waals surface area (Å²) < 4.78 is 1.39. The molecule has 0 aromatic carbocycles. The SMILES string of the molecule is CC(C)(C)CC(=O)NCCn1cnc(C(=O)O)n1. The summed E-state index contributed by atoms with van der Waals surface area (Å²) in [4.78, 5) is 25.7. The van der Waals surface area contributed by atoms with Crippen LogP contribution in [0.5, 0.6) is 0 Å². The van der Waals surface area contributed by atoms with E-state index < -0.39 is 5.97 Å². The van der Waals surface area contributed by atoms with Crippen molar-refractivity contribution in [1.29, 1.82) is 0 Å². The van der Waals surface area contributed by atoms with E-state index in [0.29, 0.717) is 19.5 Å². The van der Waals surface area contributed by atoms with Crippen LogP contribution in [0.1, 0.15) is 37.8 Å². The van der Waals surface area contributed by atoms with Crippen LogP contribution in [0, 0.1) is 5.41 Å². The fourth-order valence-corrected chi connectivity index (χ4v) is 1.35. The van der Waals surface area contributed by atoms with Crippen molar-refractivity contribution in [2.24, 2.45) is 5.41 Å². The molecule has 7 nitrogen and oxygen atoms in total. The average molecular weight is 254 g/mol. The smallest absolute Gasteiger partial charge is 0.375 e. The molecule has 0 aliphatic carbocycles. The zero-order valence-electron chi connectivity index (χ0n) is 10.8. The van der Waals surface area contributed by atoms with Crippen molar-refractivity contribution in [3.8, 4) is 0 Å². The molecule has 18 heavy (non-hydrogen) atoms. The van der Waals surface area contributed by atoms with Crippen LogP contribution in [0.3, 0.4) is 0 Å². The number of carboxylic acid groups (broad SMARTS) is 1. The van der Waals surface area contributed by atoms with Crippen molar-refractivity contribution in [3.63, 3.8) is 0 Å². The predicted molar refractivity (Wildman–Crippen MR) is 64.1 cm³/mol. The Morgan fingerprint density at radius 1 is 1.44 bits per heavy atom. The van der Waals surface area contributed by atoms with Crippen molar-refractivity contribution in [2.75, 3.05) is 6.54 Å². The van der Waals surface area contributed by atoms with E-state index in [4.69, 9.17) is 5.11 Å². The van der Waals surface area contributed by atoms with Gasteiger partial charge in [0.15, 0.2) is 0 Å². The lowest BCUT2D eigenvalue weighted by Gasteiger charge is -2.17. The van der Waals surface area contributed by atoms with Crippen LogP contribution in [0.2, 0.25) is 0 Å². The van der Waals surface area contributed by atoms with Crippen LogP contribution < -0.4 is 5.32 Å². The summed E-state index contributed by atoms with van der Waals surface area (Å²) in [5.41, 5.74) is -0.0478. The van der Waals surface area contributed by atoms with Gasteiger partial charge in [0.25, 0.3) is 5.82 Å². The fraction of sp³-hybridized carbons (Fsp3) is 0.636. The Labute approximate surface area is 105 Å². The largest absolute Gasteiger partial charge is 0.475 e. The minimum atomic E-state index is -1.16. The van der Waals surface area contributed by atoms with Gasteiger partial charge >= 0.3 is 5.97 Å². The molecule has 0 saturated heterocycles. The summed E-state index contributed by atoms with van der Waals surface area (Å²) in [6.07, 6.45) is 1.78. The number of hydrogen-bond donors (Lipinski definition) is 2. The molecule has 1 aromatic heterocycles. The molecule has 2 N–H and O–H groups in total. The molecular weight excluding hydrogens is 236 g/mol. The van der Waals surface area contributed by atoms with Crippen LogP contribution >= 0.6 is 0 Å². The Morgan fingerprint density at radius 3 is 2.61 bits per heavy atom. The Balaban J connectivity index is 2.33. The van der Waals surface area contributed by atoms with Gasteiger partial charge in [-0.1, -0.05) is 20.8 Å². The molecule has 1 heterocycles. The molecule has 0 radical (unpaired) electrons. The van der Waals surface area contributed by atoms with E-state index in [1.54, 1.807) is 0 Å². The van der Waals surface area contributed by atoms with Gasteiger partial charge in [-0.05, 0) is 5.41 Å². The second-order valence-corrected chi connectivity index (χ2v) is 5.22. The van der Waals surface area contributed by atoms with Gasteiger partial charge in [-0.2, -0.15) is 0 Å². The third-order valence-corrected chi connectivity index (χ3v) is 2.08. The molecule has 0 unspecified atom stereocenters. The molecule has 0 bridgehead atoms. The van der Waals surface area contributed by atoms with Crippen molar-refractivity contribution < 1.29 is 14.7 Å². The zero-order valence-corrected chi connectivity index (χ0v) is 10.8. The highest BCUT2D eigenvalue weighted by molar-refractivity contribution is 5.82. The third-order valence-electron chi connectivity index (χ3n) is 2.08. The molecule has 0 fully saturated rings. The lowest BCUT2D eigenvalue weighted by molar-refractivity contribution is -0.122. The quantitative estimate of drug-likeness (QED) is 0.798. The predicted octanol–water partition coefficient (Wildman–Crippen LogP) is 0.529. The first-order valence-electron chi connectivity index (χ1n) is 5.67. The molecular formula is C11H18N4O3. The van der Waals surface area contributed by atoms with Crippen LogP contribution in [0.25, 0.3) is 0 Å². The molecule has 7 heteroatoms. The lowest BCUT2D eigenvalue weighted by Crippen LogP contribution is -2.30. The Kier molecular flexibility index (Phi) is 4.41. The summed E-state index contributed by atoms with van der Waals surface area (Å²) >= 11 is 0. The Hall–Kier alpha value is -1.92. The Morgan fingerprint density at radius 2 is 2.11 bits per heavy atom. The summed E-state index contributed by atoms with van der Waals surface area (Å²) in [5.74, 6) is -1.43. The van der Waals surface area contributed by atoms with Gasteiger partial charge in [0.05, 0.1) is 6.54 Å². The van der Waals surface area contributed by atoms with E-state index in [1.165, 1.54) is 11.0 Å². The minimum Gasteiger partial charge on any atom is -0.475 e. The van der Waals surface area contributed by atoms with Gasteiger partial charge in [0.2, 0.25) is 5.91 Å². The van der Waals surface area contributed by atoms with Gasteiger partial charge in [0, 0.05) is 13.0 Å². The van der Waals surface area contributed by atoms with E-state index in [0.717, 1.165) is 0 Å². The van der Waals surface area contributed by atoms with Gasteiger partial charge in [0.1, 0.15) is 6.33 Å². The number of carbonyl (C=O) groups is 2. The monoisotopic (exact) mass is 254 g/mol. The molecule has 1 amide bonds. The van der Waals surface area contributed by atoms with Crippen molar-refractivity contribution in [3.05, 3.63) is 12.2 Å². The first-order valence-corrected chi connectivity index (χ1v) is 5.67. The second-order valence-electron chi connectivity index (χ2n) is 5.22. The summed E-state index contributed by atoms with van der Waals surface area (Å²) in [5, 5.41) is 15.1. The number of nitrogens with zero attached hydrogens (tertiary/aromatic N) is 3. The normalized spacial score (nSPS) is 11.3. The van der Waals surface area contributed by atoms with Crippen LogP contribution in [-0.2, 0) is 11.3 Å². The topological polar surface area (TPSA) is 97.1 Å². The first kappa shape index (κ1) is 14.1.